The molecular formula is C40H43ClN6O5S2. The maximum absolute atomic E-state index is 12.9. The van der Waals surface area contributed by atoms with Gasteiger partial charge in [0.25, 0.3) is 0 Å². The van der Waals surface area contributed by atoms with Gasteiger partial charge in [-0.05, 0) is 82.7 Å². The third-order valence-corrected chi connectivity index (χ3v) is 11.0. The maximum Gasteiger partial charge on any atom is 0.408 e. The lowest BCUT2D eigenvalue weighted by Gasteiger charge is -2.37. The fraction of sp³-hybridized carbons (Fsp3) is 0.400. The first kappa shape index (κ1) is 40.4. The van der Waals surface area contributed by atoms with Crippen LogP contribution in [0.15, 0.2) is 58.9 Å². The van der Waals surface area contributed by atoms with Crippen LogP contribution >= 0.6 is 34.7 Å². The van der Waals surface area contributed by atoms with Crippen LogP contribution in [-0.4, -0.2) is 57.5 Å². The molecule has 11 nitrogen and oxygen atoms in total. The predicted octanol–water partition coefficient (Wildman–Crippen LogP) is 9.32. The summed E-state index contributed by atoms with van der Waals surface area (Å²) in [7, 11) is 0. The Morgan fingerprint density at radius 3 is 2.20 bits per heavy atom. The van der Waals surface area contributed by atoms with E-state index >= 15 is 0 Å². The summed E-state index contributed by atoms with van der Waals surface area (Å²) in [6.07, 6.45) is 0.146. The SMILES string of the molecule is CC(C)C[C@](NC(=O)OC(C)(C)C)(C(=O)O)C(C)Oc1ccc(-c2c(C#N)c(SCc3csc(-c4ccc(Cl)cc4)n3)nc(N3CCCC3)c2C#N)cc1. The summed E-state index contributed by atoms with van der Waals surface area (Å²) < 4.78 is 11.6. The van der Waals surface area contributed by atoms with E-state index in [-0.39, 0.29) is 17.9 Å². The summed E-state index contributed by atoms with van der Waals surface area (Å²) in [6.45, 7) is 11.9. The number of anilines is 1. The van der Waals surface area contributed by atoms with E-state index in [4.69, 9.17) is 31.0 Å². The number of benzene rings is 2. The number of carbonyl (C=O) groups excluding carboxylic acids is 1. The monoisotopic (exact) mass is 786 g/mol. The number of aromatic nitrogens is 2. The van der Waals surface area contributed by atoms with E-state index in [2.05, 4.69) is 22.4 Å². The molecule has 0 bridgehead atoms. The van der Waals surface area contributed by atoms with Gasteiger partial charge in [0.15, 0.2) is 5.54 Å². The maximum atomic E-state index is 12.9. The molecule has 54 heavy (non-hydrogen) atoms. The molecule has 1 unspecified atom stereocenters. The highest BCUT2D eigenvalue weighted by Gasteiger charge is 2.48. The van der Waals surface area contributed by atoms with E-state index in [0.717, 1.165) is 42.2 Å². The number of nitrogens with zero attached hydrogens (tertiary/aromatic N) is 5. The number of nitrogens with one attached hydrogen (secondary N) is 1. The lowest BCUT2D eigenvalue weighted by atomic mass is 9.84. The van der Waals surface area contributed by atoms with Crippen LogP contribution in [0.1, 0.15) is 77.6 Å². The van der Waals surface area contributed by atoms with Crippen molar-refractivity contribution in [2.45, 2.75) is 88.8 Å². The van der Waals surface area contributed by atoms with Crippen LogP contribution in [0.25, 0.3) is 21.7 Å². The number of thioether (sulfide) groups is 1. The van der Waals surface area contributed by atoms with E-state index in [1.807, 2.05) is 43.5 Å². The van der Waals surface area contributed by atoms with Gasteiger partial charge in [0.05, 0.1) is 11.3 Å². The third-order valence-electron chi connectivity index (χ3n) is 8.76. The van der Waals surface area contributed by atoms with Crippen molar-refractivity contribution >= 4 is 52.6 Å². The van der Waals surface area contributed by atoms with Crippen molar-refractivity contribution in [1.29, 1.82) is 10.5 Å². The summed E-state index contributed by atoms with van der Waals surface area (Å²) in [5, 5.41) is 38.1. The number of carboxylic acid groups (broad SMARTS) is 1. The minimum absolute atomic E-state index is 0.0813. The Bertz CT molecular complexity index is 2060. The standard InChI is InChI=1S/C40H43ClN6O5S2/c1-24(2)19-40(37(48)49,46-38(50)52-39(4,5)6)25(3)51-30-15-11-26(12-16-30)33-31(20-42)34(47-17-7-8-18-47)45-36(32(33)21-43)54-23-29-22-53-35(44-29)27-9-13-28(41)14-10-27/h9-16,22,24-25H,7-8,17-19,23H2,1-6H3,(H,46,50)(H,48,49)/t25?,40-/m1/s1. The molecule has 1 amide bonds. The first-order valence-corrected chi connectivity index (χ1v) is 19.9. The quantitative estimate of drug-likeness (QED) is 0.124. The van der Waals surface area contributed by atoms with Crippen LogP contribution in [0.2, 0.25) is 5.02 Å². The van der Waals surface area contributed by atoms with E-state index in [9.17, 15) is 25.2 Å². The minimum Gasteiger partial charge on any atom is -0.488 e. The van der Waals surface area contributed by atoms with Gasteiger partial charge in [-0.25, -0.2) is 19.6 Å². The third kappa shape index (κ3) is 9.45. The molecule has 14 heteroatoms. The lowest BCUT2D eigenvalue weighted by Crippen LogP contribution is -2.64. The smallest absolute Gasteiger partial charge is 0.408 e. The largest absolute Gasteiger partial charge is 0.488 e. The van der Waals surface area contributed by atoms with Crippen LogP contribution in [0.4, 0.5) is 10.6 Å². The number of alkyl carbamates (subject to hydrolysis) is 1. The molecule has 1 saturated heterocycles. The number of ether oxygens (including phenoxy) is 2. The average molecular weight is 787 g/mol. The number of hydrogen-bond donors (Lipinski definition) is 2. The number of amides is 1. The van der Waals surface area contributed by atoms with Gasteiger partial charge in [0.1, 0.15) is 51.0 Å². The summed E-state index contributed by atoms with van der Waals surface area (Å²) in [4.78, 5) is 37.5. The summed E-state index contributed by atoms with van der Waals surface area (Å²) >= 11 is 8.99. The molecule has 2 aromatic carbocycles. The second kappa shape index (κ2) is 17.1. The number of carbonyl (C=O) groups is 2. The Morgan fingerprint density at radius 2 is 1.63 bits per heavy atom. The van der Waals surface area contributed by atoms with Crippen LogP contribution in [0.5, 0.6) is 5.75 Å². The highest BCUT2D eigenvalue weighted by Crippen LogP contribution is 2.40. The normalized spacial score (nSPS) is 14.5. The highest BCUT2D eigenvalue weighted by atomic mass is 35.5. The summed E-state index contributed by atoms with van der Waals surface area (Å²) in [6, 6.07) is 19.0. The molecular weight excluding hydrogens is 744 g/mol. The Balaban J connectivity index is 1.47. The number of pyridine rings is 1. The Labute approximate surface area is 329 Å². The molecule has 0 saturated carbocycles. The van der Waals surface area contributed by atoms with E-state index in [0.29, 0.717) is 44.1 Å². The summed E-state index contributed by atoms with van der Waals surface area (Å²) in [5.41, 5.74) is 0.810. The van der Waals surface area contributed by atoms with Crippen molar-refractivity contribution in [3.05, 3.63) is 75.8 Å². The van der Waals surface area contributed by atoms with Gasteiger partial charge in [0, 0.05) is 40.4 Å². The fourth-order valence-electron chi connectivity index (χ4n) is 6.32. The molecule has 1 aliphatic rings. The number of aliphatic carboxylic acids is 1. The van der Waals surface area contributed by atoms with Crippen LogP contribution in [-0.2, 0) is 15.3 Å². The molecule has 1 aliphatic heterocycles. The van der Waals surface area contributed by atoms with Gasteiger partial charge >= 0.3 is 12.1 Å². The molecule has 2 atom stereocenters. The Kier molecular flexibility index (Phi) is 12.8. The van der Waals surface area contributed by atoms with Gasteiger partial charge in [-0.15, -0.1) is 11.3 Å². The number of nitriles is 2. The van der Waals surface area contributed by atoms with Crippen molar-refractivity contribution < 1.29 is 24.2 Å². The van der Waals surface area contributed by atoms with Crippen molar-refractivity contribution in [2.24, 2.45) is 5.92 Å². The average Bonchev–Trinajstić information content (AvgIpc) is 3.82. The molecule has 0 spiro atoms. The zero-order valence-electron chi connectivity index (χ0n) is 31.1. The molecule has 2 N–H and O–H groups in total. The molecule has 0 radical (unpaired) electrons. The van der Waals surface area contributed by atoms with E-state index < -0.39 is 29.3 Å². The van der Waals surface area contributed by atoms with Gasteiger partial charge in [-0.1, -0.05) is 61.5 Å². The summed E-state index contributed by atoms with van der Waals surface area (Å²) in [5.74, 6) is -0.0254. The Hall–Kier alpha value is -4.82. The lowest BCUT2D eigenvalue weighted by molar-refractivity contribution is -0.150. The van der Waals surface area contributed by atoms with E-state index in [1.54, 1.807) is 52.0 Å². The number of carboxylic acids is 1. The molecule has 282 valence electrons. The van der Waals surface area contributed by atoms with Gasteiger partial charge < -0.3 is 24.8 Å². The predicted molar refractivity (Wildman–Crippen MR) is 212 cm³/mol. The fourth-order valence-corrected chi connectivity index (χ4v) is 8.25. The van der Waals surface area contributed by atoms with Crippen molar-refractivity contribution in [3.8, 4) is 39.6 Å². The Morgan fingerprint density at radius 1 is 1.00 bits per heavy atom. The van der Waals surface area contributed by atoms with Crippen molar-refractivity contribution in [1.82, 2.24) is 15.3 Å². The first-order chi connectivity index (χ1) is 25.6. The molecule has 5 rings (SSSR count). The molecule has 0 aliphatic carbocycles. The number of thiazole rings is 1. The minimum atomic E-state index is -1.80. The zero-order valence-corrected chi connectivity index (χ0v) is 33.5. The van der Waals surface area contributed by atoms with Gasteiger partial charge in [-0.3, -0.25) is 0 Å². The number of halogens is 1. The second-order valence-corrected chi connectivity index (χ2v) is 16.8. The van der Waals surface area contributed by atoms with Gasteiger partial charge in [-0.2, -0.15) is 10.5 Å². The van der Waals surface area contributed by atoms with Crippen molar-refractivity contribution in [3.63, 3.8) is 0 Å². The second-order valence-electron chi connectivity index (χ2n) is 14.5. The van der Waals surface area contributed by atoms with Crippen LogP contribution in [0, 0.1) is 28.6 Å². The van der Waals surface area contributed by atoms with Crippen LogP contribution < -0.4 is 15.0 Å². The first-order valence-electron chi connectivity index (χ1n) is 17.6. The van der Waals surface area contributed by atoms with Gasteiger partial charge in [0.2, 0.25) is 0 Å². The molecule has 2 aromatic heterocycles. The van der Waals surface area contributed by atoms with Crippen molar-refractivity contribution in [2.75, 3.05) is 18.0 Å². The number of rotatable bonds is 13. The number of hydrogen-bond acceptors (Lipinski definition) is 11. The zero-order chi connectivity index (χ0) is 39.2. The highest BCUT2D eigenvalue weighted by molar-refractivity contribution is 7.98. The topological polar surface area (TPSA) is 161 Å². The molecule has 1 fully saturated rings. The molecule has 4 aromatic rings. The van der Waals surface area contributed by atoms with Crippen LogP contribution in [0.3, 0.4) is 0 Å². The molecule has 3 heterocycles. The van der Waals surface area contributed by atoms with E-state index in [1.165, 1.54) is 23.1 Å².